The molecule has 1 heterocycles. The minimum atomic E-state index is -0.513. The first-order valence-corrected chi connectivity index (χ1v) is 7.32. The number of anilines is 1. The van der Waals surface area contributed by atoms with Gasteiger partial charge in [0.1, 0.15) is 0 Å². The van der Waals surface area contributed by atoms with E-state index in [0.717, 1.165) is 11.8 Å². The first kappa shape index (κ1) is 15.0. The number of hydrogen-bond acceptors (Lipinski definition) is 8. The Bertz CT molecular complexity index is 723. The Balaban J connectivity index is 2.23. The van der Waals surface area contributed by atoms with Gasteiger partial charge in [-0.25, -0.2) is 0 Å². The molecule has 0 saturated heterocycles. The Morgan fingerprint density at radius 3 is 3.05 bits per heavy atom. The summed E-state index contributed by atoms with van der Waals surface area (Å²) in [7, 11) is 0. The first-order valence-electron chi connectivity index (χ1n) is 5.68. The van der Waals surface area contributed by atoms with Gasteiger partial charge in [-0.15, -0.1) is 16.8 Å². The first-order chi connectivity index (χ1) is 10.1. The quantitative estimate of drug-likeness (QED) is 0.495. The standard InChI is InChI=1S/C12H9N5O2S2/c1-2-5-14-11-15-16-12(21-11)20-10-4-3-8(7-13)6-9(10)17(18)19/h2-4,6H,1,5H2,(H,14,15). The van der Waals surface area contributed by atoms with E-state index in [1.165, 1.54) is 23.5 Å². The molecule has 106 valence electrons. The van der Waals surface area contributed by atoms with Crippen molar-refractivity contribution >= 4 is 33.9 Å². The number of nitro groups is 1. The molecule has 7 nitrogen and oxygen atoms in total. The highest BCUT2D eigenvalue weighted by atomic mass is 32.2. The van der Waals surface area contributed by atoms with E-state index >= 15 is 0 Å². The Kier molecular flexibility index (Phi) is 4.86. The lowest BCUT2D eigenvalue weighted by Crippen LogP contribution is -1.96. The zero-order valence-corrected chi connectivity index (χ0v) is 12.3. The second kappa shape index (κ2) is 6.83. The molecule has 0 saturated carbocycles. The van der Waals surface area contributed by atoms with Crippen molar-refractivity contribution in [3.63, 3.8) is 0 Å². The monoisotopic (exact) mass is 319 g/mol. The molecular formula is C12H9N5O2S2. The molecule has 0 unspecified atom stereocenters. The van der Waals surface area contributed by atoms with E-state index in [-0.39, 0.29) is 11.3 Å². The lowest BCUT2D eigenvalue weighted by Gasteiger charge is -2.00. The molecule has 21 heavy (non-hydrogen) atoms. The third-order valence-corrected chi connectivity index (χ3v) is 4.28. The molecule has 2 aromatic rings. The molecule has 0 radical (unpaired) electrons. The predicted octanol–water partition coefficient (Wildman–Crippen LogP) is 3.07. The van der Waals surface area contributed by atoms with Gasteiger partial charge in [0, 0.05) is 12.6 Å². The molecule has 0 atom stereocenters. The van der Waals surface area contributed by atoms with Crippen LogP contribution in [0.25, 0.3) is 0 Å². The van der Waals surface area contributed by atoms with E-state index in [0.29, 0.717) is 20.9 Å². The second-order valence-electron chi connectivity index (χ2n) is 3.70. The zero-order chi connectivity index (χ0) is 15.2. The number of rotatable bonds is 6. The van der Waals surface area contributed by atoms with Gasteiger partial charge in [-0.1, -0.05) is 17.4 Å². The van der Waals surface area contributed by atoms with E-state index in [2.05, 4.69) is 22.1 Å². The van der Waals surface area contributed by atoms with Crippen molar-refractivity contribution in [3.05, 3.63) is 46.5 Å². The van der Waals surface area contributed by atoms with Crippen LogP contribution in [0.2, 0.25) is 0 Å². The minimum absolute atomic E-state index is 0.116. The van der Waals surface area contributed by atoms with Crippen LogP contribution >= 0.6 is 23.1 Å². The van der Waals surface area contributed by atoms with Gasteiger partial charge in [0.15, 0.2) is 4.34 Å². The molecule has 2 rings (SSSR count). The predicted molar refractivity (Wildman–Crippen MR) is 80.5 cm³/mol. The summed E-state index contributed by atoms with van der Waals surface area (Å²) in [6, 6.07) is 6.21. The molecule has 0 aliphatic heterocycles. The van der Waals surface area contributed by atoms with Crippen LogP contribution < -0.4 is 5.32 Å². The number of hydrogen-bond donors (Lipinski definition) is 1. The number of benzene rings is 1. The van der Waals surface area contributed by atoms with Gasteiger partial charge >= 0.3 is 0 Å². The Hall–Kier alpha value is -2.44. The molecule has 0 bridgehead atoms. The Morgan fingerprint density at radius 1 is 1.57 bits per heavy atom. The third kappa shape index (κ3) is 3.77. The second-order valence-corrected chi connectivity index (χ2v) is 5.96. The smallest absolute Gasteiger partial charge is 0.284 e. The highest BCUT2D eigenvalue weighted by Crippen LogP contribution is 2.37. The average molecular weight is 319 g/mol. The summed E-state index contributed by atoms with van der Waals surface area (Å²) in [6.45, 7) is 4.15. The average Bonchev–Trinajstić information content (AvgIpc) is 2.92. The third-order valence-electron chi connectivity index (χ3n) is 2.29. The number of aromatic nitrogens is 2. The van der Waals surface area contributed by atoms with E-state index in [4.69, 9.17) is 5.26 Å². The molecule has 9 heteroatoms. The van der Waals surface area contributed by atoms with Gasteiger partial charge in [0.25, 0.3) is 5.69 Å². The topological polar surface area (TPSA) is 105 Å². The fourth-order valence-corrected chi connectivity index (χ4v) is 3.19. The molecule has 1 aromatic heterocycles. The maximum atomic E-state index is 11.1. The van der Waals surface area contributed by atoms with E-state index in [1.54, 1.807) is 12.1 Å². The van der Waals surface area contributed by atoms with Crippen LogP contribution in [0, 0.1) is 21.4 Å². The minimum Gasteiger partial charge on any atom is -0.357 e. The van der Waals surface area contributed by atoms with E-state index < -0.39 is 4.92 Å². The van der Waals surface area contributed by atoms with Crippen molar-refractivity contribution in [2.45, 2.75) is 9.24 Å². The van der Waals surface area contributed by atoms with Crippen LogP contribution in [0.1, 0.15) is 5.56 Å². The van der Waals surface area contributed by atoms with Gasteiger partial charge in [-0.05, 0) is 23.9 Å². The maximum absolute atomic E-state index is 11.1. The molecule has 0 fully saturated rings. The zero-order valence-electron chi connectivity index (χ0n) is 10.6. The summed E-state index contributed by atoms with van der Waals surface area (Å²) in [4.78, 5) is 11.0. The van der Waals surface area contributed by atoms with Crippen LogP contribution in [0.4, 0.5) is 10.8 Å². The van der Waals surface area contributed by atoms with Gasteiger partial charge < -0.3 is 5.32 Å². The normalized spacial score (nSPS) is 9.86. The van der Waals surface area contributed by atoms with Gasteiger partial charge in [0.2, 0.25) is 5.13 Å². The van der Waals surface area contributed by atoms with Crippen LogP contribution in [0.5, 0.6) is 0 Å². The molecule has 0 aliphatic rings. The molecular weight excluding hydrogens is 310 g/mol. The van der Waals surface area contributed by atoms with Crippen molar-refractivity contribution in [1.82, 2.24) is 10.2 Å². The summed E-state index contributed by atoms with van der Waals surface area (Å²) in [5.41, 5.74) is 0.131. The maximum Gasteiger partial charge on any atom is 0.284 e. The van der Waals surface area contributed by atoms with Gasteiger partial charge in [-0.2, -0.15) is 5.26 Å². The fraction of sp³-hybridized carbons (Fsp3) is 0.0833. The molecule has 0 spiro atoms. The highest BCUT2D eigenvalue weighted by Gasteiger charge is 2.17. The fourth-order valence-electron chi connectivity index (χ4n) is 1.39. The molecule has 1 aromatic carbocycles. The lowest BCUT2D eigenvalue weighted by atomic mass is 10.2. The molecule has 0 aliphatic carbocycles. The summed E-state index contributed by atoms with van der Waals surface area (Å²) in [5.74, 6) is 0. The van der Waals surface area contributed by atoms with Crippen molar-refractivity contribution < 1.29 is 4.92 Å². The SMILES string of the molecule is C=CCNc1nnc(Sc2ccc(C#N)cc2[N+](=O)[O-])s1. The summed E-state index contributed by atoms with van der Waals surface area (Å²) in [6.07, 6.45) is 1.69. The van der Waals surface area contributed by atoms with Crippen LogP contribution in [0.15, 0.2) is 40.1 Å². The largest absolute Gasteiger partial charge is 0.357 e. The van der Waals surface area contributed by atoms with Crippen LogP contribution in [-0.2, 0) is 0 Å². The number of nitriles is 1. The van der Waals surface area contributed by atoms with Gasteiger partial charge in [0.05, 0.1) is 21.5 Å². The van der Waals surface area contributed by atoms with E-state index in [9.17, 15) is 10.1 Å². The van der Waals surface area contributed by atoms with Gasteiger partial charge in [-0.3, -0.25) is 10.1 Å². The van der Waals surface area contributed by atoms with Crippen molar-refractivity contribution in [1.29, 1.82) is 5.26 Å². The summed E-state index contributed by atoms with van der Waals surface area (Å²) >= 11 is 2.44. The Morgan fingerprint density at radius 2 is 2.38 bits per heavy atom. The Labute approximate surface area is 128 Å². The lowest BCUT2D eigenvalue weighted by molar-refractivity contribution is -0.387. The van der Waals surface area contributed by atoms with Crippen molar-refractivity contribution in [2.24, 2.45) is 0 Å². The molecule has 0 amide bonds. The number of nitrogens with zero attached hydrogens (tertiary/aromatic N) is 4. The highest BCUT2D eigenvalue weighted by molar-refractivity contribution is 8.01. The van der Waals surface area contributed by atoms with Crippen LogP contribution in [0.3, 0.4) is 0 Å². The van der Waals surface area contributed by atoms with E-state index in [1.807, 2.05) is 6.07 Å². The number of nitro benzene ring substituents is 1. The van der Waals surface area contributed by atoms with Crippen LogP contribution in [-0.4, -0.2) is 21.7 Å². The summed E-state index contributed by atoms with van der Waals surface area (Å²) in [5, 5.41) is 31.3. The summed E-state index contributed by atoms with van der Waals surface area (Å²) < 4.78 is 0.578. The number of nitrogens with one attached hydrogen (secondary N) is 1. The van der Waals surface area contributed by atoms with Crippen molar-refractivity contribution in [3.8, 4) is 6.07 Å². The van der Waals surface area contributed by atoms with Crippen molar-refractivity contribution in [2.75, 3.05) is 11.9 Å². The molecule has 1 N–H and O–H groups in total.